The van der Waals surface area contributed by atoms with Gasteiger partial charge in [0.15, 0.2) is 0 Å². The van der Waals surface area contributed by atoms with Crippen LogP contribution in [-0.2, 0) is 21.8 Å². The fourth-order valence-corrected chi connectivity index (χ4v) is 13.4. The van der Waals surface area contributed by atoms with Crippen molar-refractivity contribution in [2.75, 3.05) is 0 Å². The summed E-state index contributed by atoms with van der Waals surface area (Å²) in [5, 5.41) is 34.2. The largest absolute Gasteiger partial charge is 0.374 e. The third-order valence-electron chi connectivity index (χ3n) is 15.5. The van der Waals surface area contributed by atoms with Gasteiger partial charge >= 0.3 is 0 Å². The van der Waals surface area contributed by atoms with Crippen molar-refractivity contribution >= 4 is 0 Å². The van der Waals surface area contributed by atoms with E-state index in [9.17, 15) is 0 Å². The minimum absolute atomic E-state index is 0. The van der Waals surface area contributed by atoms with Crippen molar-refractivity contribution in [1.82, 2.24) is 42.5 Å². The molecule has 0 spiro atoms. The molecular weight excluding hydrogens is 660 g/mol. The van der Waals surface area contributed by atoms with Crippen molar-refractivity contribution in [2.24, 2.45) is 59.2 Å². The van der Waals surface area contributed by atoms with Gasteiger partial charge in [-0.3, -0.25) is 42.5 Å². The zero-order valence-electron chi connectivity index (χ0n) is 30.9. The molecule has 9 nitrogen and oxygen atoms in total. The molecule has 17 atom stereocenters. The van der Waals surface area contributed by atoms with Gasteiger partial charge in [-0.1, -0.05) is 72.6 Å². The Balaban J connectivity index is 0.00000348. The van der Waals surface area contributed by atoms with Gasteiger partial charge in [0.25, 0.3) is 0 Å². The van der Waals surface area contributed by atoms with E-state index in [-0.39, 0.29) is 23.2 Å². The topological polar surface area (TPSA) is 105 Å². The molecule has 4 saturated carbocycles. The second-order valence-corrected chi connectivity index (χ2v) is 18.8. The summed E-state index contributed by atoms with van der Waals surface area (Å²) in [4.78, 5) is 0. The van der Waals surface area contributed by atoms with E-state index in [1.165, 1.54) is 96.3 Å². The van der Waals surface area contributed by atoms with E-state index >= 15 is 0 Å². The van der Waals surface area contributed by atoms with Gasteiger partial charge in [0.05, 0.1) is 61.5 Å². The maximum atomic E-state index is 7.25. The average molecular weight is 731 g/mol. The van der Waals surface area contributed by atoms with Crippen LogP contribution in [0.2, 0.25) is 0 Å². The predicted molar refractivity (Wildman–Crippen MR) is 191 cm³/mol. The summed E-state index contributed by atoms with van der Waals surface area (Å²) in [6.45, 7) is 9.43. The normalized spacial score (nSPS) is 50.9. The molecule has 49 heavy (non-hydrogen) atoms. The number of rotatable bonds is 4. The summed E-state index contributed by atoms with van der Waals surface area (Å²) < 4.78 is 7.25. The van der Waals surface area contributed by atoms with Crippen LogP contribution in [0.15, 0.2) is 0 Å². The molecule has 8 N–H and O–H groups in total. The van der Waals surface area contributed by atoms with Crippen LogP contribution < -0.4 is 42.5 Å². The Morgan fingerprint density at radius 2 is 0.653 bits per heavy atom. The molecule has 8 bridgehead atoms. The van der Waals surface area contributed by atoms with Crippen LogP contribution in [0, 0.1) is 59.2 Å². The first-order chi connectivity index (χ1) is 23.4. The van der Waals surface area contributed by atoms with Crippen LogP contribution >= 0.6 is 0 Å². The van der Waals surface area contributed by atoms with E-state index in [1.54, 1.807) is 0 Å². The Morgan fingerprint density at radius 3 is 0.980 bits per heavy atom. The first-order valence-electron chi connectivity index (χ1n) is 21.2. The van der Waals surface area contributed by atoms with E-state index in [2.05, 4.69) is 70.2 Å². The SMILES string of the molecule is CC(C)C(OC1CCCC2C3NC4NC(NC5NC(NC6NC(NC(N3)C12)C1CCCCC61)C1CCCCC51)C1CCCCC41)C(C)C.[Cu]. The zero-order chi connectivity index (χ0) is 32.5. The van der Waals surface area contributed by atoms with Crippen LogP contribution in [-0.4, -0.2) is 61.5 Å². The fourth-order valence-electron chi connectivity index (χ4n) is 13.4. The average Bonchev–Trinajstić information content (AvgIpc) is 3.83. The third-order valence-corrected chi connectivity index (χ3v) is 15.5. The number of hydrogen-bond acceptors (Lipinski definition) is 9. The minimum Gasteiger partial charge on any atom is -0.374 e. The molecular formula is C39H70CuN8O. The first-order valence-corrected chi connectivity index (χ1v) is 21.2. The molecule has 17 unspecified atom stereocenters. The molecule has 9 rings (SSSR count). The van der Waals surface area contributed by atoms with Crippen LogP contribution in [0.3, 0.4) is 0 Å². The maximum Gasteiger partial charge on any atom is 0.0653 e. The molecule has 0 aromatic heterocycles. The Hall–Kier alpha value is 0.159. The van der Waals surface area contributed by atoms with E-state index in [1.807, 2.05) is 0 Å². The second kappa shape index (κ2) is 15.1. The molecule has 0 amide bonds. The number of nitrogens with one attached hydrogen (secondary N) is 8. The minimum atomic E-state index is 0. The standard InChI is InChI=1S/C39H70N8O.Cu/c1-20(2)31(21(3)4)48-29-19-11-18-28-30(29)39-46-37-27-17-10-9-16-26(27)35(44-37)42-33-23-13-6-5-12-22(23)32(40-33)41-34-24-14-7-8-15-25(24)36(43-34)45-38(28)47-39;/h20-47H,5-19H2,1-4H3;. The van der Waals surface area contributed by atoms with Crippen LogP contribution in [0.4, 0.5) is 0 Å². The van der Waals surface area contributed by atoms with E-state index in [4.69, 9.17) is 4.74 Å². The van der Waals surface area contributed by atoms with Crippen molar-refractivity contribution in [2.45, 2.75) is 186 Å². The molecule has 9 fully saturated rings. The molecule has 1 radical (unpaired) electrons. The fraction of sp³-hybridized carbons (Fsp3) is 1.00. The summed E-state index contributed by atoms with van der Waals surface area (Å²) in [5.74, 6) is 6.32. The zero-order valence-corrected chi connectivity index (χ0v) is 31.8. The van der Waals surface area contributed by atoms with Gasteiger partial charge < -0.3 is 4.74 Å². The predicted octanol–water partition coefficient (Wildman–Crippen LogP) is 4.28. The van der Waals surface area contributed by atoms with Gasteiger partial charge in [0.1, 0.15) is 0 Å². The summed E-state index contributed by atoms with van der Waals surface area (Å²) in [5.41, 5.74) is 0. The number of fused-ring (bicyclic) bond motifs is 20. The van der Waals surface area contributed by atoms with E-state index in [0.29, 0.717) is 109 Å². The maximum absolute atomic E-state index is 7.25. The summed E-state index contributed by atoms with van der Waals surface area (Å²) >= 11 is 0. The van der Waals surface area contributed by atoms with E-state index in [0.717, 1.165) is 5.92 Å². The molecule has 0 aromatic rings. The molecule has 5 saturated heterocycles. The van der Waals surface area contributed by atoms with Crippen LogP contribution in [0.1, 0.15) is 124 Å². The molecule has 0 aromatic carbocycles. The van der Waals surface area contributed by atoms with Crippen molar-refractivity contribution < 1.29 is 21.8 Å². The van der Waals surface area contributed by atoms with Gasteiger partial charge in [-0.2, -0.15) is 0 Å². The van der Waals surface area contributed by atoms with E-state index < -0.39 is 0 Å². The summed E-state index contributed by atoms with van der Waals surface area (Å²) in [6, 6.07) is 0. The van der Waals surface area contributed by atoms with Gasteiger partial charge in [-0.05, 0) is 105 Å². The van der Waals surface area contributed by atoms with Gasteiger partial charge in [-0.25, -0.2) is 0 Å². The van der Waals surface area contributed by atoms with Crippen molar-refractivity contribution in [3.05, 3.63) is 0 Å². The smallest absolute Gasteiger partial charge is 0.0653 e. The summed E-state index contributed by atoms with van der Waals surface area (Å²) in [7, 11) is 0. The summed E-state index contributed by atoms with van der Waals surface area (Å²) in [6.07, 6.45) is 23.5. The third kappa shape index (κ3) is 6.77. The Bertz CT molecular complexity index is 1100. The molecule has 4 aliphatic carbocycles. The first kappa shape index (κ1) is 36.2. The Morgan fingerprint density at radius 1 is 0.367 bits per heavy atom. The molecule has 9 aliphatic rings. The molecule has 283 valence electrons. The van der Waals surface area contributed by atoms with Crippen molar-refractivity contribution in [3.8, 4) is 0 Å². The number of hydrogen-bond donors (Lipinski definition) is 8. The molecule has 10 heteroatoms. The van der Waals surface area contributed by atoms with Gasteiger partial charge in [0, 0.05) is 23.0 Å². The second-order valence-electron chi connectivity index (χ2n) is 18.8. The molecule has 5 heterocycles. The van der Waals surface area contributed by atoms with Crippen LogP contribution in [0.25, 0.3) is 0 Å². The quantitative estimate of drug-likeness (QED) is 0.202. The van der Waals surface area contributed by atoms with Crippen molar-refractivity contribution in [1.29, 1.82) is 0 Å². The van der Waals surface area contributed by atoms with Gasteiger partial charge in [-0.15, -0.1) is 0 Å². The number of ether oxygens (including phenoxy) is 1. The van der Waals surface area contributed by atoms with Crippen LogP contribution in [0.5, 0.6) is 0 Å². The van der Waals surface area contributed by atoms with Gasteiger partial charge in [0.2, 0.25) is 0 Å². The molecule has 5 aliphatic heterocycles. The monoisotopic (exact) mass is 729 g/mol. The van der Waals surface area contributed by atoms with Crippen molar-refractivity contribution in [3.63, 3.8) is 0 Å². The Kier molecular flexibility index (Phi) is 11.2. The Labute approximate surface area is 308 Å².